The van der Waals surface area contributed by atoms with Crippen molar-refractivity contribution in [3.05, 3.63) is 53.1 Å². The van der Waals surface area contributed by atoms with Gasteiger partial charge in [0.05, 0.1) is 5.69 Å². The van der Waals surface area contributed by atoms with Gasteiger partial charge in [0, 0.05) is 24.1 Å². The molecule has 0 aliphatic carbocycles. The first kappa shape index (κ1) is 12.6. The van der Waals surface area contributed by atoms with Crippen LogP contribution in [0.5, 0.6) is 0 Å². The number of aromatic carboxylic acids is 1. The Labute approximate surface area is 115 Å². The largest absolute Gasteiger partial charge is 0.478 e. The van der Waals surface area contributed by atoms with Crippen LogP contribution in [-0.2, 0) is 6.42 Å². The molecule has 0 atom stereocenters. The van der Waals surface area contributed by atoms with Crippen LogP contribution in [0.15, 0.2) is 30.5 Å². The molecule has 0 unspecified atom stereocenters. The van der Waals surface area contributed by atoms with E-state index in [0.717, 1.165) is 23.4 Å². The van der Waals surface area contributed by atoms with E-state index in [9.17, 15) is 14.3 Å². The van der Waals surface area contributed by atoms with Gasteiger partial charge in [0.2, 0.25) is 0 Å². The molecule has 0 amide bonds. The summed E-state index contributed by atoms with van der Waals surface area (Å²) in [7, 11) is 0. The molecule has 0 fully saturated rings. The number of hydrogen-bond acceptors (Lipinski definition) is 3. The summed E-state index contributed by atoms with van der Waals surface area (Å²) in [6.45, 7) is 2.44. The van der Waals surface area contributed by atoms with E-state index in [-0.39, 0.29) is 11.4 Å². The third-order valence-electron chi connectivity index (χ3n) is 3.48. The van der Waals surface area contributed by atoms with Gasteiger partial charge < -0.3 is 10.0 Å². The normalized spacial score (nSPS) is 13.4. The van der Waals surface area contributed by atoms with Crippen molar-refractivity contribution in [2.45, 2.75) is 13.3 Å². The molecule has 1 N–H and O–H groups in total. The van der Waals surface area contributed by atoms with Crippen molar-refractivity contribution in [1.29, 1.82) is 0 Å². The van der Waals surface area contributed by atoms with Gasteiger partial charge >= 0.3 is 5.97 Å². The highest BCUT2D eigenvalue weighted by Crippen LogP contribution is 2.36. The van der Waals surface area contributed by atoms with Crippen LogP contribution in [0, 0.1) is 12.7 Å². The first-order valence-electron chi connectivity index (χ1n) is 6.32. The molecule has 1 aromatic carbocycles. The van der Waals surface area contributed by atoms with Crippen LogP contribution < -0.4 is 4.90 Å². The number of halogens is 1. The second-order valence-corrected chi connectivity index (χ2v) is 4.82. The number of carboxylic acid groups (broad SMARTS) is 1. The minimum Gasteiger partial charge on any atom is -0.478 e. The summed E-state index contributed by atoms with van der Waals surface area (Å²) in [6, 6.07) is 6.35. The Balaban J connectivity index is 2.14. The van der Waals surface area contributed by atoms with Crippen molar-refractivity contribution in [3.63, 3.8) is 0 Å². The number of aromatic nitrogens is 1. The Bertz CT molecular complexity index is 700. The number of fused-ring (bicyclic) bond motifs is 1. The third kappa shape index (κ3) is 2.01. The maximum atomic E-state index is 13.4. The molecule has 4 nitrogen and oxygen atoms in total. The first-order valence-corrected chi connectivity index (χ1v) is 6.32. The Morgan fingerprint density at radius 2 is 2.15 bits per heavy atom. The predicted octanol–water partition coefficient (Wildman–Crippen LogP) is 2.92. The van der Waals surface area contributed by atoms with Crippen molar-refractivity contribution < 1.29 is 14.3 Å². The number of pyridine rings is 1. The summed E-state index contributed by atoms with van der Waals surface area (Å²) < 4.78 is 13.4. The Hall–Kier alpha value is -2.43. The molecule has 0 radical (unpaired) electrons. The number of nitrogens with zero attached hydrogens (tertiary/aromatic N) is 2. The Morgan fingerprint density at radius 1 is 1.35 bits per heavy atom. The molecule has 0 saturated carbocycles. The van der Waals surface area contributed by atoms with E-state index in [2.05, 4.69) is 4.98 Å². The number of carbonyl (C=O) groups is 1. The number of benzene rings is 1. The maximum Gasteiger partial charge on any atom is 0.339 e. The summed E-state index contributed by atoms with van der Waals surface area (Å²) in [6.07, 6.45) is 2.13. The number of aryl methyl sites for hydroxylation is 1. The summed E-state index contributed by atoms with van der Waals surface area (Å²) in [5, 5.41) is 9.28. The van der Waals surface area contributed by atoms with E-state index < -0.39 is 5.97 Å². The summed E-state index contributed by atoms with van der Waals surface area (Å²) in [5.74, 6) is -1.35. The fourth-order valence-corrected chi connectivity index (χ4v) is 2.54. The number of hydrogen-bond donors (Lipinski definition) is 1. The molecule has 1 aliphatic heterocycles. The zero-order valence-electron chi connectivity index (χ0n) is 10.9. The highest BCUT2D eigenvalue weighted by atomic mass is 19.1. The van der Waals surface area contributed by atoms with E-state index in [1.807, 2.05) is 4.90 Å². The van der Waals surface area contributed by atoms with Crippen molar-refractivity contribution in [2.75, 3.05) is 11.4 Å². The lowest BCUT2D eigenvalue weighted by Gasteiger charge is -2.21. The van der Waals surface area contributed by atoms with Gasteiger partial charge in [-0.2, -0.15) is 0 Å². The lowest BCUT2D eigenvalue weighted by Crippen LogP contribution is -2.17. The molecular formula is C15H13FN2O2. The smallest absolute Gasteiger partial charge is 0.339 e. The van der Waals surface area contributed by atoms with Crippen LogP contribution >= 0.6 is 0 Å². The molecule has 102 valence electrons. The van der Waals surface area contributed by atoms with Gasteiger partial charge in [-0.05, 0) is 37.1 Å². The third-order valence-corrected chi connectivity index (χ3v) is 3.48. The van der Waals surface area contributed by atoms with Crippen LogP contribution in [0.3, 0.4) is 0 Å². The lowest BCUT2D eigenvalue weighted by atomic mass is 10.1. The summed E-state index contributed by atoms with van der Waals surface area (Å²) in [5.41, 5.74) is 3.19. The molecule has 1 aromatic heterocycles. The van der Waals surface area contributed by atoms with E-state index in [1.165, 1.54) is 18.3 Å². The van der Waals surface area contributed by atoms with Crippen LogP contribution in [0.4, 0.5) is 15.8 Å². The summed E-state index contributed by atoms with van der Waals surface area (Å²) >= 11 is 0. The second kappa shape index (κ2) is 4.59. The van der Waals surface area contributed by atoms with E-state index in [0.29, 0.717) is 12.2 Å². The van der Waals surface area contributed by atoms with Crippen molar-refractivity contribution in [3.8, 4) is 0 Å². The SMILES string of the molecule is Cc1cc(N2CCc3ccc(F)cc32)c(C(=O)O)cn1. The first-order chi connectivity index (χ1) is 9.56. The minimum atomic E-state index is -1.03. The lowest BCUT2D eigenvalue weighted by molar-refractivity contribution is 0.0697. The summed E-state index contributed by atoms with van der Waals surface area (Å²) in [4.78, 5) is 17.2. The van der Waals surface area contributed by atoms with Crippen LogP contribution in [0.2, 0.25) is 0 Å². The number of rotatable bonds is 2. The quantitative estimate of drug-likeness (QED) is 0.913. The fourth-order valence-electron chi connectivity index (χ4n) is 2.54. The van der Waals surface area contributed by atoms with Crippen molar-refractivity contribution in [1.82, 2.24) is 4.98 Å². The average molecular weight is 272 g/mol. The molecule has 2 aromatic rings. The molecule has 5 heteroatoms. The average Bonchev–Trinajstić information content (AvgIpc) is 2.81. The van der Waals surface area contributed by atoms with E-state index in [4.69, 9.17) is 0 Å². The predicted molar refractivity (Wildman–Crippen MR) is 73.0 cm³/mol. The van der Waals surface area contributed by atoms with Gasteiger partial charge in [-0.25, -0.2) is 9.18 Å². The Kier molecular flexibility index (Phi) is 2.89. The highest BCUT2D eigenvalue weighted by Gasteiger charge is 2.25. The second-order valence-electron chi connectivity index (χ2n) is 4.82. The molecule has 0 bridgehead atoms. The fraction of sp³-hybridized carbons (Fsp3) is 0.200. The van der Waals surface area contributed by atoms with Crippen LogP contribution in [0.1, 0.15) is 21.6 Å². The minimum absolute atomic E-state index is 0.132. The van der Waals surface area contributed by atoms with Gasteiger partial charge in [-0.3, -0.25) is 4.98 Å². The molecular weight excluding hydrogens is 259 g/mol. The molecule has 2 heterocycles. The number of carboxylic acids is 1. The van der Waals surface area contributed by atoms with Crippen LogP contribution in [-0.4, -0.2) is 22.6 Å². The van der Waals surface area contributed by atoms with Gasteiger partial charge in [0.25, 0.3) is 0 Å². The van der Waals surface area contributed by atoms with Crippen LogP contribution in [0.25, 0.3) is 0 Å². The Morgan fingerprint density at radius 3 is 2.90 bits per heavy atom. The standard InChI is InChI=1S/C15H13FN2O2/c1-9-6-14(12(8-17-9)15(19)20)18-5-4-10-2-3-11(16)7-13(10)18/h2-3,6-8H,4-5H2,1H3,(H,19,20). The number of anilines is 2. The molecule has 1 aliphatic rings. The maximum absolute atomic E-state index is 13.4. The molecule has 0 spiro atoms. The van der Waals surface area contributed by atoms with Crippen molar-refractivity contribution >= 4 is 17.3 Å². The van der Waals surface area contributed by atoms with Gasteiger partial charge in [0.15, 0.2) is 0 Å². The van der Waals surface area contributed by atoms with Gasteiger partial charge in [-0.15, -0.1) is 0 Å². The molecule has 3 rings (SSSR count). The zero-order valence-corrected chi connectivity index (χ0v) is 10.9. The van der Waals surface area contributed by atoms with Crippen molar-refractivity contribution in [2.24, 2.45) is 0 Å². The molecule has 20 heavy (non-hydrogen) atoms. The monoisotopic (exact) mass is 272 g/mol. The highest BCUT2D eigenvalue weighted by molar-refractivity contribution is 5.95. The van der Waals surface area contributed by atoms with E-state index in [1.54, 1.807) is 19.1 Å². The zero-order chi connectivity index (χ0) is 14.3. The van der Waals surface area contributed by atoms with Gasteiger partial charge in [-0.1, -0.05) is 6.07 Å². The topological polar surface area (TPSA) is 53.4 Å². The molecule has 0 saturated heterocycles. The van der Waals surface area contributed by atoms with E-state index >= 15 is 0 Å². The van der Waals surface area contributed by atoms with Gasteiger partial charge in [0.1, 0.15) is 11.4 Å².